The summed E-state index contributed by atoms with van der Waals surface area (Å²) in [5.41, 5.74) is 6.85. The summed E-state index contributed by atoms with van der Waals surface area (Å²) in [6.45, 7) is 0. The molecule has 0 amide bonds. The van der Waals surface area contributed by atoms with Crippen molar-refractivity contribution in [2.75, 3.05) is 0 Å². The van der Waals surface area contributed by atoms with E-state index in [1.807, 2.05) is 91.0 Å². The first kappa shape index (κ1) is 24.2. The lowest BCUT2D eigenvalue weighted by Gasteiger charge is -2.11. The van der Waals surface area contributed by atoms with E-state index in [-0.39, 0.29) is 0 Å². The van der Waals surface area contributed by atoms with Crippen LogP contribution in [-0.2, 0) is 0 Å². The van der Waals surface area contributed by atoms with Gasteiger partial charge in [-0.1, -0.05) is 115 Å². The van der Waals surface area contributed by atoms with Gasteiger partial charge in [-0.05, 0) is 18.2 Å². The molecule has 10 rings (SSSR count). The van der Waals surface area contributed by atoms with Gasteiger partial charge < -0.3 is 8.83 Å². The fourth-order valence-corrected chi connectivity index (χ4v) is 6.73. The van der Waals surface area contributed by atoms with Crippen LogP contribution >= 0.6 is 0 Å². The Hall–Kier alpha value is -6.27. The van der Waals surface area contributed by atoms with Crippen LogP contribution in [0.5, 0.6) is 0 Å². The van der Waals surface area contributed by atoms with E-state index >= 15 is 0 Å². The molecule has 4 heterocycles. The average Bonchev–Trinajstić information content (AvgIpc) is 3.79. The first-order chi connectivity index (χ1) is 22.3. The van der Waals surface area contributed by atoms with Gasteiger partial charge in [0.25, 0.3) is 0 Å². The van der Waals surface area contributed by atoms with Crippen molar-refractivity contribution in [2.45, 2.75) is 0 Å². The molecule has 210 valence electrons. The van der Waals surface area contributed by atoms with Crippen molar-refractivity contribution < 1.29 is 8.83 Å². The smallest absolute Gasteiger partial charge is 0.238 e. The summed E-state index contributed by atoms with van der Waals surface area (Å²) in [4.78, 5) is 15.3. The van der Waals surface area contributed by atoms with Crippen molar-refractivity contribution in [2.24, 2.45) is 0 Å². The van der Waals surface area contributed by atoms with Crippen LogP contribution in [0.4, 0.5) is 0 Å². The number of aromatic nitrogens is 4. The summed E-state index contributed by atoms with van der Waals surface area (Å²) >= 11 is 0. The zero-order valence-electron chi connectivity index (χ0n) is 23.8. The van der Waals surface area contributed by atoms with Gasteiger partial charge in [0.15, 0.2) is 22.8 Å². The summed E-state index contributed by atoms with van der Waals surface area (Å²) < 4.78 is 15.4. The minimum atomic E-state index is 0.535. The number of rotatable bonds is 3. The number of benzene rings is 6. The van der Waals surface area contributed by atoms with Crippen LogP contribution < -0.4 is 0 Å². The Morgan fingerprint density at radius 3 is 1.53 bits per heavy atom. The van der Waals surface area contributed by atoms with Crippen LogP contribution in [0, 0.1) is 0 Å². The molecule has 0 saturated heterocycles. The van der Waals surface area contributed by atoms with E-state index < -0.39 is 0 Å². The highest BCUT2D eigenvalue weighted by molar-refractivity contribution is 6.38. The molecule has 0 aliphatic carbocycles. The number of furan rings is 2. The van der Waals surface area contributed by atoms with Gasteiger partial charge in [0.2, 0.25) is 5.95 Å². The first-order valence-electron chi connectivity index (χ1n) is 14.9. The molecule has 0 unspecified atom stereocenters. The Morgan fingerprint density at radius 1 is 0.422 bits per heavy atom. The van der Waals surface area contributed by atoms with E-state index in [9.17, 15) is 0 Å². The molecule has 6 nitrogen and oxygen atoms in total. The maximum Gasteiger partial charge on any atom is 0.238 e. The summed E-state index contributed by atoms with van der Waals surface area (Å²) in [6.07, 6.45) is 0. The monoisotopic (exact) mass is 578 g/mol. The van der Waals surface area contributed by atoms with Gasteiger partial charge in [-0.15, -0.1) is 0 Å². The van der Waals surface area contributed by atoms with Gasteiger partial charge in [-0.25, -0.2) is 4.98 Å². The van der Waals surface area contributed by atoms with Crippen molar-refractivity contribution in [3.05, 3.63) is 133 Å². The zero-order valence-corrected chi connectivity index (χ0v) is 23.8. The molecule has 0 aliphatic rings. The van der Waals surface area contributed by atoms with Gasteiger partial charge in [0.1, 0.15) is 11.2 Å². The number of hydrogen-bond donors (Lipinski definition) is 0. The lowest BCUT2D eigenvalue weighted by molar-refractivity contribution is 0.633. The molecule has 6 aromatic carbocycles. The number of para-hydroxylation sites is 3. The summed E-state index contributed by atoms with van der Waals surface area (Å²) in [5.74, 6) is 1.75. The lowest BCUT2D eigenvalue weighted by atomic mass is 10.0. The normalized spacial score (nSPS) is 12.0. The molecule has 6 heteroatoms. The molecule has 0 bridgehead atoms. The fraction of sp³-hybridized carbons (Fsp3) is 0. The maximum atomic E-state index is 6.62. The van der Waals surface area contributed by atoms with E-state index in [4.69, 9.17) is 23.8 Å². The standard InChI is InChI=1S/C39H22N4O2/c1-3-13-23(14-4-1)37-40-38(24-15-5-2-6-16-24)42-39(41-37)43-28-20-10-7-17-25(28)31-32-26-18-8-11-21-29(26)44-35(32)36-33(34(31)43)27-19-9-12-22-30(27)45-36/h1-22H. The highest BCUT2D eigenvalue weighted by Crippen LogP contribution is 2.48. The molecular weight excluding hydrogens is 556 g/mol. The summed E-state index contributed by atoms with van der Waals surface area (Å²) in [7, 11) is 0. The minimum absolute atomic E-state index is 0.535. The van der Waals surface area contributed by atoms with Crippen molar-refractivity contribution in [1.82, 2.24) is 19.5 Å². The van der Waals surface area contributed by atoms with Gasteiger partial charge in [0, 0.05) is 38.1 Å². The second kappa shape index (κ2) is 9.11. The third-order valence-electron chi connectivity index (χ3n) is 8.65. The average molecular weight is 579 g/mol. The summed E-state index contributed by atoms with van der Waals surface area (Å²) in [6, 6.07) is 44.9. The van der Waals surface area contributed by atoms with Crippen LogP contribution in [0.2, 0.25) is 0 Å². The van der Waals surface area contributed by atoms with Gasteiger partial charge in [0.05, 0.1) is 16.4 Å². The highest BCUT2D eigenvalue weighted by atomic mass is 16.4. The third-order valence-corrected chi connectivity index (χ3v) is 8.65. The Morgan fingerprint density at radius 2 is 0.911 bits per heavy atom. The Bertz CT molecular complexity index is 2700. The van der Waals surface area contributed by atoms with Gasteiger partial charge in [-0.3, -0.25) is 4.57 Å². The fourth-order valence-electron chi connectivity index (χ4n) is 6.73. The van der Waals surface area contributed by atoms with Gasteiger partial charge >= 0.3 is 0 Å². The lowest BCUT2D eigenvalue weighted by Crippen LogP contribution is -2.06. The van der Waals surface area contributed by atoms with Crippen molar-refractivity contribution >= 4 is 65.7 Å². The third kappa shape index (κ3) is 3.42. The molecule has 4 aromatic heterocycles. The van der Waals surface area contributed by atoms with E-state index in [2.05, 4.69) is 47.0 Å². The topological polar surface area (TPSA) is 69.9 Å². The number of nitrogens with zero attached hydrogens (tertiary/aromatic N) is 4. The molecule has 0 fully saturated rings. The second-order valence-corrected chi connectivity index (χ2v) is 11.2. The van der Waals surface area contributed by atoms with E-state index in [0.717, 1.165) is 71.2 Å². The molecule has 0 N–H and O–H groups in total. The minimum Gasteiger partial charge on any atom is -0.452 e. The second-order valence-electron chi connectivity index (χ2n) is 11.2. The van der Waals surface area contributed by atoms with E-state index in [1.165, 1.54) is 0 Å². The first-order valence-corrected chi connectivity index (χ1v) is 14.9. The van der Waals surface area contributed by atoms with Crippen LogP contribution in [-0.4, -0.2) is 19.5 Å². The summed E-state index contributed by atoms with van der Waals surface area (Å²) in [5, 5.41) is 6.18. The van der Waals surface area contributed by atoms with Crippen molar-refractivity contribution in [3.63, 3.8) is 0 Å². The largest absolute Gasteiger partial charge is 0.452 e. The van der Waals surface area contributed by atoms with E-state index in [0.29, 0.717) is 23.2 Å². The Kier molecular flexibility index (Phi) is 4.90. The van der Waals surface area contributed by atoms with E-state index in [1.54, 1.807) is 0 Å². The van der Waals surface area contributed by atoms with Crippen molar-refractivity contribution in [3.8, 4) is 28.7 Å². The van der Waals surface area contributed by atoms with Crippen LogP contribution in [0.3, 0.4) is 0 Å². The predicted octanol–water partition coefficient (Wildman–Crippen LogP) is 10.1. The van der Waals surface area contributed by atoms with Gasteiger partial charge in [-0.2, -0.15) is 9.97 Å². The van der Waals surface area contributed by atoms with Crippen LogP contribution in [0.25, 0.3) is 94.4 Å². The molecule has 0 saturated carbocycles. The molecule has 10 aromatic rings. The maximum absolute atomic E-state index is 6.62. The quantitative estimate of drug-likeness (QED) is 0.209. The Balaban J connectivity index is 1.46. The predicted molar refractivity (Wildman–Crippen MR) is 180 cm³/mol. The molecule has 45 heavy (non-hydrogen) atoms. The Labute approximate surface area is 255 Å². The van der Waals surface area contributed by atoms with Crippen LogP contribution in [0.15, 0.2) is 142 Å². The molecule has 0 spiro atoms. The highest BCUT2D eigenvalue weighted by Gasteiger charge is 2.27. The van der Waals surface area contributed by atoms with Crippen molar-refractivity contribution in [1.29, 1.82) is 0 Å². The zero-order chi connectivity index (χ0) is 29.5. The number of fused-ring (bicyclic) bond motifs is 12. The molecule has 0 radical (unpaired) electrons. The van der Waals surface area contributed by atoms with Crippen LogP contribution in [0.1, 0.15) is 0 Å². The molecule has 0 aliphatic heterocycles. The number of hydrogen-bond acceptors (Lipinski definition) is 5. The molecular formula is C39H22N4O2. The SMILES string of the molecule is c1ccc(-c2nc(-c3ccccc3)nc(-n3c4ccccc4c4c5c6ccccc6oc5c5oc6ccccc6c5c43)n2)cc1. The molecule has 0 atom stereocenters.